The first-order valence-corrected chi connectivity index (χ1v) is 10.0. The second-order valence-electron chi connectivity index (χ2n) is 5.48. The molecule has 23 heavy (non-hydrogen) atoms. The van der Waals surface area contributed by atoms with E-state index in [1.54, 1.807) is 11.8 Å². The molecule has 6 heteroatoms. The lowest BCUT2D eigenvalue weighted by Gasteiger charge is -2.34. The number of nitrogens with zero attached hydrogens (tertiary/aromatic N) is 1. The Morgan fingerprint density at radius 1 is 1.09 bits per heavy atom. The maximum atomic E-state index is 11.0. The van der Waals surface area contributed by atoms with Crippen molar-refractivity contribution in [2.45, 2.75) is 29.6 Å². The number of aryl methyl sites for hydroxylation is 1. The van der Waals surface area contributed by atoms with E-state index in [9.17, 15) is 8.42 Å². The summed E-state index contributed by atoms with van der Waals surface area (Å²) in [6, 6.07) is 14.4. The van der Waals surface area contributed by atoms with Crippen molar-refractivity contribution in [3.8, 4) is 0 Å². The Morgan fingerprint density at radius 2 is 1.83 bits per heavy atom. The molecule has 0 atom stereocenters. The van der Waals surface area contributed by atoms with Crippen LogP contribution in [0.25, 0.3) is 0 Å². The highest BCUT2D eigenvalue weighted by molar-refractivity contribution is 7.99. The van der Waals surface area contributed by atoms with Crippen LogP contribution >= 0.6 is 11.8 Å². The van der Waals surface area contributed by atoms with E-state index >= 15 is 0 Å². The quantitative estimate of drug-likeness (QED) is 0.823. The van der Waals surface area contributed by atoms with E-state index in [0.717, 1.165) is 17.8 Å². The SMILES string of the molecule is CCc1cccc2c1N(CCCS(=O)(=O)O)c1ccccc1S2. The zero-order valence-electron chi connectivity index (χ0n) is 12.9. The highest BCUT2D eigenvalue weighted by Gasteiger charge is 2.25. The maximum Gasteiger partial charge on any atom is 0.264 e. The number of hydrogen-bond acceptors (Lipinski definition) is 4. The van der Waals surface area contributed by atoms with E-state index in [1.807, 2.05) is 12.1 Å². The van der Waals surface area contributed by atoms with Crippen molar-refractivity contribution in [2.75, 3.05) is 17.2 Å². The average Bonchev–Trinajstić information content (AvgIpc) is 2.52. The molecule has 0 fully saturated rings. The molecule has 0 aliphatic carbocycles. The van der Waals surface area contributed by atoms with E-state index in [1.165, 1.54) is 15.4 Å². The van der Waals surface area contributed by atoms with Crippen LogP contribution in [0, 0.1) is 0 Å². The molecule has 1 aliphatic rings. The molecular formula is C17H19NO3S2. The molecule has 122 valence electrons. The molecule has 0 amide bonds. The lowest BCUT2D eigenvalue weighted by atomic mass is 10.1. The fourth-order valence-corrected chi connectivity index (χ4v) is 4.53. The summed E-state index contributed by atoms with van der Waals surface area (Å²) in [6.45, 7) is 2.68. The minimum atomic E-state index is -3.93. The highest BCUT2D eigenvalue weighted by Crippen LogP contribution is 2.49. The molecule has 2 aromatic carbocycles. The smallest absolute Gasteiger partial charge is 0.264 e. The maximum absolute atomic E-state index is 11.0. The summed E-state index contributed by atoms with van der Waals surface area (Å²) in [5.74, 6) is -0.220. The Labute approximate surface area is 141 Å². The molecule has 0 saturated heterocycles. The molecule has 0 unspecified atom stereocenters. The van der Waals surface area contributed by atoms with Crippen molar-refractivity contribution in [1.82, 2.24) is 0 Å². The molecule has 3 rings (SSSR count). The summed E-state index contributed by atoms with van der Waals surface area (Å²) in [5, 5.41) is 0. The average molecular weight is 349 g/mol. The topological polar surface area (TPSA) is 57.6 Å². The Balaban J connectivity index is 1.99. The van der Waals surface area contributed by atoms with Crippen LogP contribution in [0.1, 0.15) is 18.9 Å². The lowest BCUT2D eigenvalue weighted by molar-refractivity contribution is 0.481. The summed E-state index contributed by atoms with van der Waals surface area (Å²) < 4.78 is 31.0. The third-order valence-corrected chi connectivity index (χ3v) is 5.81. The second kappa shape index (κ2) is 6.55. The minimum absolute atomic E-state index is 0.220. The zero-order chi connectivity index (χ0) is 16.4. The van der Waals surface area contributed by atoms with Gasteiger partial charge in [0.15, 0.2) is 0 Å². The summed E-state index contributed by atoms with van der Waals surface area (Å²) in [4.78, 5) is 4.54. The van der Waals surface area contributed by atoms with Gasteiger partial charge in [-0.25, -0.2) is 0 Å². The molecule has 0 spiro atoms. The van der Waals surface area contributed by atoms with Crippen LogP contribution < -0.4 is 4.90 Å². The van der Waals surface area contributed by atoms with Crippen LogP contribution in [0.15, 0.2) is 52.3 Å². The fraction of sp³-hybridized carbons (Fsp3) is 0.294. The molecule has 1 aliphatic heterocycles. The van der Waals surface area contributed by atoms with Crippen LogP contribution in [0.4, 0.5) is 11.4 Å². The van der Waals surface area contributed by atoms with E-state index < -0.39 is 10.1 Å². The van der Waals surface area contributed by atoms with Gasteiger partial charge in [0.05, 0.1) is 17.1 Å². The number of para-hydroxylation sites is 2. The van der Waals surface area contributed by atoms with Gasteiger partial charge in [-0.3, -0.25) is 4.55 Å². The minimum Gasteiger partial charge on any atom is -0.339 e. The van der Waals surface area contributed by atoms with Gasteiger partial charge >= 0.3 is 0 Å². The normalized spacial score (nSPS) is 13.6. The zero-order valence-corrected chi connectivity index (χ0v) is 14.5. The Morgan fingerprint density at radius 3 is 2.57 bits per heavy atom. The van der Waals surface area contributed by atoms with Crippen molar-refractivity contribution in [2.24, 2.45) is 0 Å². The fourth-order valence-electron chi connectivity index (χ4n) is 2.88. The van der Waals surface area contributed by atoms with Crippen molar-refractivity contribution in [1.29, 1.82) is 0 Å². The first-order valence-electron chi connectivity index (χ1n) is 7.61. The lowest BCUT2D eigenvalue weighted by Crippen LogP contribution is -2.25. The molecule has 4 nitrogen and oxygen atoms in total. The first kappa shape index (κ1) is 16.4. The number of rotatable bonds is 5. The molecule has 1 N–H and O–H groups in total. The predicted octanol–water partition coefficient (Wildman–Crippen LogP) is 4.13. The Hall–Kier alpha value is -1.50. The summed E-state index contributed by atoms with van der Waals surface area (Å²) in [7, 11) is -3.93. The standard InChI is InChI=1S/C17H19NO3S2/c1-2-13-7-5-10-16-17(13)18(11-6-12-23(19,20)21)14-8-3-4-9-15(14)22-16/h3-5,7-10H,2,6,11-12H2,1H3,(H,19,20,21). The van der Waals surface area contributed by atoms with Gasteiger partial charge < -0.3 is 4.90 Å². The number of anilines is 2. The molecule has 0 aromatic heterocycles. The number of hydrogen-bond donors (Lipinski definition) is 1. The van der Waals surface area contributed by atoms with E-state index in [0.29, 0.717) is 13.0 Å². The molecular weight excluding hydrogens is 330 g/mol. The van der Waals surface area contributed by atoms with Crippen LogP contribution in [0.5, 0.6) is 0 Å². The van der Waals surface area contributed by atoms with Crippen LogP contribution in [-0.4, -0.2) is 25.3 Å². The monoisotopic (exact) mass is 349 g/mol. The Bertz CT molecular complexity index is 818. The molecule has 1 heterocycles. The van der Waals surface area contributed by atoms with E-state index in [2.05, 4.69) is 42.2 Å². The summed E-state index contributed by atoms with van der Waals surface area (Å²) in [6.07, 6.45) is 1.30. The largest absolute Gasteiger partial charge is 0.339 e. The van der Waals surface area contributed by atoms with Crippen LogP contribution in [-0.2, 0) is 16.5 Å². The van der Waals surface area contributed by atoms with Gasteiger partial charge in [-0.15, -0.1) is 0 Å². The highest BCUT2D eigenvalue weighted by atomic mass is 32.2. The predicted molar refractivity (Wildman–Crippen MR) is 94.4 cm³/mol. The van der Waals surface area contributed by atoms with Crippen molar-refractivity contribution >= 4 is 33.3 Å². The summed E-state index contributed by atoms with van der Waals surface area (Å²) in [5.41, 5.74) is 3.51. The van der Waals surface area contributed by atoms with Crippen LogP contribution in [0.3, 0.4) is 0 Å². The van der Waals surface area contributed by atoms with Crippen LogP contribution in [0.2, 0.25) is 0 Å². The third-order valence-electron chi connectivity index (χ3n) is 3.89. The molecule has 0 radical (unpaired) electrons. The van der Waals surface area contributed by atoms with Gasteiger partial charge in [-0.2, -0.15) is 8.42 Å². The molecule has 2 aromatic rings. The van der Waals surface area contributed by atoms with Gasteiger partial charge in [-0.05, 0) is 36.6 Å². The van der Waals surface area contributed by atoms with Gasteiger partial charge in [0, 0.05) is 16.3 Å². The van der Waals surface area contributed by atoms with Crippen molar-refractivity contribution < 1.29 is 13.0 Å². The molecule has 0 saturated carbocycles. The van der Waals surface area contributed by atoms with Crippen molar-refractivity contribution in [3.63, 3.8) is 0 Å². The van der Waals surface area contributed by atoms with Gasteiger partial charge in [-0.1, -0.05) is 43.0 Å². The van der Waals surface area contributed by atoms with E-state index in [4.69, 9.17) is 4.55 Å². The second-order valence-corrected chi connectivity index (χ2v) is 8.13. The number of fused-ring (bicyclic) bond motifs is 2. The van der Waals surface area contributed by atoms with Gasteiger partial charge in [0.2, 0.25) is 0 Å². The van der Waals surface area contributed by atoms with Crippen molar-refractivity contribution in [3.05, 3.63) is 48.0 Å². The third kappa shape index (κ3) is 3.54. The number of benzene rings is 2. The van der Waals surface area contributed by atoms with Gasteiger partial charge in [0.1, 0.15) is 0 Å². The first-order chi connectivity index (χ1) is 11.0. The molecule has 0 bridgehead atoms. The van der Waals surface area contributed by atoms with E-state index in [-0.39, 0.29) is 5.75 Å². The summed E-state index contributed by atoms with van der Waals surface area (Å²) >= 11 is 1.75. The Kier molecular flexibility index (Phi) is 4.66. The van der Waals surface area contributed by atoms with Gasteiger partial charge in [0.25, 0.3) is 10.1 Å².